The summed E-state index contributed by atoms with van der Waals surface area (Å²) in [6.45, 7) is 6.06. The maximum absolute atomic E-state index is 10.9. The van der Waals surface area contributed by atoms with E-state index in [1.165, 1.54) is 0 Å². The van der Waals surface area contributed by atoms with Crippen molar-refractivity contribution in [1.29, 1.82) is 0 Å². The first-order valence-electron chi connectivity index (χ1n) is 7.17. The van der Waals surface area contributed by atoms with E-state index in [-0.39, 0.29) is 0 Å². The largest absolute Gasteiger partial charge is 0.488 e. The van der Waals surface area contributed by atoms with Gasteiger partial charge in [-0.2, -0.15) is 0 Å². The Hall–Kier alpha value is -2.55. The zero-order valence-corrected chi connectivity index (χ0v) is 13.1. The first-order chi connectivity index (χ1) is 10.5. The van der Waals surface area contributed by atoms with Crippen LogP contribution in [0.2, 0.25) is 0 Å². The molecular weight excluding hydrogens is 276 g/mol. The Kier molecular flexibility index (Phi) is 4.99. The molecule has 2 aromatic rings. The summed E-state index contributed by atoms with van der Waals surface area (Å²) >= 11 is 0. The van der Waals surface area contributed by atoms with Gasteiger partial charge in [-0.05, 0) is 61.2 Å². The summed E-state index contributed by atoms with van der Waals surface area (Å²) in [5, 5.41) is 8.95. The van der Waals surface area contributed by atoms with Gasteiger partial charge in [0, 0.05) is 5.57 Å². The van der Waals surface area contributed by atoms with E-state index in [9.17, 15) is 4.79 Å². The van der Waals surface area contributed by atoms with Crippen LogP contribution < -0.4 is 4.74 Å². The number of hydrogen-bond donors (Lipinski definition) is 1. The average Bonchev–Trinajstić information content (AvgIpc) is 2.47. The molecule has 114 valence electrons. The van der Waals surface area contributed by atoms with Crippen LogP contribution >= 0.6 is 0 Å². The summed E-state index contributed by atoms with van der Waals surface area (Å²) in [6, 6.07) is 13.9. The minimum Gasteiger partial charge on any atom is -0.488 e. The SMILES string of the molecule is C/C(=C\c1cc(C)c(OCc2ccccc2)c(C)c1)C(=O)O. The third-order valence-electron chi connectivity index (χ3n) is 3.43. The van der Waals surface area contributed by atoms with Gasteiger partial charge in [0.05, 0.1) is 0 Å². The summed E-state index contributed by atoms with van der Waals surface area (Å²) in [7, 11) is 0. The molecule has 0 spiro atoms. The molecule has 22 heavy (non-hydrogen) atoms. The lowest BCUT2D eigenvalue weighted by atomic mass is 10.0. The van der Waals surface area contributed by atoms with Crippen LogP contribution in [-0.4, -0.2) is 11.1 Å². The second kappa shape index (κ2) is 6.94. The molecule has 0 aliphatic heterocycles. The van der Waals surface area contributed by atoms with Crippen molar-refractivity contribution < 1.29 is 14.6 Å². The molecule has 0 unspecified atom stereocenters. The quantitative estimate of drug-likeness (QED) is 0.833. The van der Waals surface area contributed by atoms with Gasteiger partial charge in [0.15, 0.2) is 0 Å². The molecule has 0 heterocycles. The maximum Gasteiger partial charge on any atom is 0.331 e. The minimum atomic E-state index is -0.903. The van der Waals surface area contributed by atoms with Gasteiger partial charge >= 0.3 is 5.97 Å². The van der Waals surface area contributed by atoms with E-state index in [2.05, 4.69) is 0 Å². The molecule has 3 nitrogen and oxygen atoms in total. The van der Waals surface area contributed by atoms with E-state index in [1.54, 1.807) is 13.0 Å². The molecule has 1 N–H and O–H groups in total. The fourth-order valence-corrected chi connectivity index (χ4v) is 2.34. The summed E-state index contributed by atoms with van der Waals surface area (Å²) in [4.78, 5) is 10.9. The molecule has 2 rings (SSSR count). The van der Waals surface area contributed by atoms with Gasteiger partial charge in [-0.25, -0.2) is 4.79 Å². The Morgan fingerprint density at radius 1 is 1.14 bits per heavy atom. The number of aliphatic carboxylic acids is 1. The molecule has 0 bridgehead atoms. The summed E-state index contributed by atoms with van der Waals surface area (Å²) in [5.74, 6) is -0.0475. The molecule has 0 saturated heterocycles. The van der Waals surface area contributed by atoms with Gasteiger partial charge in [0.1, 0.15) is 12.4 Å². The van der Waals surface area contributed by atoms with Gasteiger partial charge in [0.25, 0.3) is 0 Å². The highest BCUT2D eigenvalue weighted by Gasteiger charge is 2.07. The van der Waals surface area contributed by atoms with Crippen LogP contribution in [0.15, 0.2) is 48.0 Å². The lowest BCUT2D eigenvalue weighted by Gasteiger charge is -2.13. The van der Waals surface area contributed by atoms with Crippen LogP contribution in [0.3, 0.4) is 0 Å². The van der Waals surface area contributed by atoms with Gasteiger partial charge in [-0.1, -0.05) is 30.3 Å². The van der Waals surface area contributed by atoms with Crippen LogP contribution in [0.25, 0.3) is 6.08 Å². The van der Waals surface area contributed by atoms with E-state index >= 15 is 0 Å². The fraction of sp³-hybridized carbons (Fsp3) is 0.211. The first-order valence-corrected chi connectivity index (χ1v) is 7.17. The number of benzene rings is 2. The molecule has 0 amide bonds. The third-order valence-corrected chi connectivity index (χ3v) is 3.43. The van der Waals surface area contributed by atoms with Crippen molar-refractivity contribution in [2.45, 2.75) is 27.4 Å². The monoisotopic (exact) mass is 296 g/mol. The first kappa shape index (κ1) is 15.8. The van der Waals surface area contributed by atoms with Crippen molar-refractivity contribution in [1.82, 2.24) is 0 Å². The fourth-order valence-electron chi connectivity index (χ4n) is 2.34. The Labute approximate surface area is 130 Å². The molecule has 0 saturated carbocycles. The van der Waals surface area contributed by atoms with Crippen LogP contribution in [-0.2, 0) is 11.4 Å². The molecule has 0 aliphatic rings. The topological polar surface area (TPSA) is 46.5 Å². The molecule has 0 aromatic heterocycles. The van der Waals surface area contributed by atoms with Crippen molar-refractivity contribution in [3.8, 4) is 5.75 Å². The van der Waals surface area contributed by atoms with Crippen molar-refractivity contribution in [3.63, 3.8) is 0 Å². The Bertz CT molecular complexity index is 677. The molecule has 0 aliphatic carbocycles. The predicted molar refractivity (Wildman–Crippen MR) is 88.0 cm³/mol. The van der Waals surface area contributed by atoms with Crippen molar-refractivity contribution in [2.75, 3.05) is 0 Å². The van der Waals surface area contributed by atoms with Crippen molar-refractivity contribution in [3.05, 3.63) is 70.3 Å². The van der Waals surface area contributed by atoms with Crippen LogP contribution in [0.4, 0.5) is 0 Å². The standard InChI is InChI=1S/C19H20O3/c1-13-9-17(11-15(3)19(20)21)10-14(2)18(13)22-12-16-7-5-4-6-8-16/h4-11H,12H2,1-3H3,(H,20,21)/b15-11+. The van der Waals surface area contributed by atoms with Gasteiger partial charge < -0.3 is 9.84 Å². The van der Waals surface area contributed by atoms with Crippen molar-refractivity contribution in [2.24, 2.45) is 0 Å². The molecular formula is C19H20O3. The maximum atomic E-state index is 10.9. The van der Waals surface area contributed by atoms with E-state index < -0.39 is 5.97 Å². The summed E-state index contributed by atoms with van der Waals surface area (Å²) < 4.78 is 5.92. The highest BCUT2D eigenvalue weighted by atomic mass is 16.5. The smallest absolute Gasteiger partial charge is 0.331 e. The molecule has 3 heteroatoms. The lowest BCUT2D eigenvalue weighted by Crippen LogP contribution is -2.00. The molecule has 0 radical (unpaired) electrons. The number of hydrogen-bond acceptors (Lipinski definition) is 2. The Morgan fingerprint density at radius 2 is 1.73 bits per heavy atom. The van der Waals surface area contributed by atoms with Gasteiger partial charge in [-0.3, -0.25) is 0 Å². The molecule has 2 aromatic carbocycles. The number of rotatable bonds is 5. The van der Waals surface area contributed by atoms with Gasteiger partial charge in [0.2, 0.25) is 0 Å². The normalized spacial score (nSPS) is 11.3. The van der Waals surface area contributed by atoms with Crippen LogP contribution in [0, 0.1) is 13.8 Å². The Morgan fingerprint density at radius 3 is 2.27 bits per heavy atom. The second-order valence-corrected chi connectivity index (χ2v) is 5.39. The number of carbonyl (C=O) groups is 1. The summed E-state index contributed by atoms with van der Waals surface area (Å²) in [6.07, 6.45) is 1.67. The van der Waals surface area contributed by atoms with Crippen molar-refractivity contribution >= 4 is 12.0 Å². The third kappa shape index (κ3) is 3.98. The van der Waals surface area contributed by atoms with E-state index in [1.807, 2.05) is 56.3 Å². The predicted octanol–water partition coefficient (Wildman–Crippen LogP) is 4.37. The summed E-state index contributed by atoms with van der Waals surface area (Å²) in [5.41, 5.74) is 4.31. The zero-order valence-electron chi connectivity index (χ0n) is 13.1. The number of carboxylic acid groups (broad SMARTS) is 1. The molecule has 0 atom stereocenters. The number of aryl methyl sites for hydroxylation is 2. The zero-order chi connectivity index (χ0) is 16.1. The number of ether oxygens (including phenoxy) is 1. The van der Waals surface area contributed by atoms with Crippen LogP contribution in [0.5, 0.6) is 5.75 Å². The second-order valence-electron chi connectivity index (χ2n) is 5.39. The molecule has 0 fully saturated rings. The highest BCUT2D eigenvalue weighted by Crippen LogP contribution is 2.26. The minimum absolute atomic E-state index is 0.316. The van der Waals surface area contributed by atoms with E-state index in [0.29, 0.717) is 12.2 Å². The average molecular weight is 296 g/mol. The lowest BCUT2D eigenvalue weighted by molar-refractivity contribution is -0.132. The van der Waals surface area contributed by atoms with Crippen LogP contribution in [0.1, 0.15) is 29.2 Å². The van der Waals surface area contributed by atoms with E-state index in [0.717, 1.165) is 28.0 Å². The highest BCUT2D eigenvalue weighted by molar-refractivity contribution is 5.91. The Balaban J connectivity index is 2.20. The number of carboxylic acids is 1. The van der Waals surface area contributed by atoms with Gasteiger partial charge in [-0.15, -0.1) is 0 Å². The van der Waals surface area contributed by atoms with E-state index in [4.69, 9.17) is 9.84 Å².